The fourth-order valence-electron chi connectivity index (χ4n) is 2.76. The number of imidazole rings is 1. The first-order chi connectivity index (χ1) is 13.3. The topological polar surface area (TPSA) is 70.2 Å². The lowest BCUT2D eigenvalue weighted by Crippen LogP contribution is -2.31. The van der Waals surface area contributed by atoms with Crippen LogP contribution in [0.3, 0.4) is 0 Å². The molecule has 0 saturated heterocycles. The van der Waals surface area contributed by atoms with Crippen LogP contribution in [0.1, 0.15) is 19.8 Å². The molecule has 0 bridgehead atoms. The van der Waals surface area contributed by atoms with Crippen molar-refractivity contribution >= 4 is 0 Å². The largest absolute Gasteiger partial charge is 0.491 e. The number of hydrogen-bond donors (Lipinski definition) is 3. The fraction of sp³-hybridized carbons (Fsp3) is 0.318. The van der Waals surface area contributed by atoms with E-state index in [9.17, 15) is 5.11 Å². The minimum atomic E-state index is -0.514. The predicted molar refractivity (Wildman–Crippen MR) is 109 cm³/mol. The average molecular weight is 365 g/mol. The van der Waals surface area contributed by atoms with Crippen LogP contribution in [0.2, 0.25) is 0 Å². The van der Waals surface area contributed by atoms with Gasteiger partial charge in [0.25, 0.3) is 0 Å². The summed E-state index contributed by atoms with van der Waals surface area (Å²) >= 11 is 0. The number of aromatic amines is 1. The normalized spacial score (nSPS) is 12.1. The zero-order valence-electron chi connectivity index (χ0n) is 15.7. The van der Waals surface area contributed by atoms with E-state index in [0.717, 1.165) is 47.8 Å². The van der Waals surface area contributed by atoms with Gasteiger partial charge >= 0.3 is 0 Å². The van der Waals surface area contributed by atoms with Gasteiger partial charge in [-0.05, 0) is 42.8 Å². The number of nitrogens with one attached hydrogen (secondary N) is 2. The van der Waals surface area contributed by atoms with Gasteiger partial charge in [-0.3, -0.25) is 0 Å². The molecule has 2 aromatic carbocycles. The molecule has 0 spiro atoms. The number of aromatic nitrogens is 2. The number of benzene rings is 2. The highest BCUT2D eigenvalue weighted by molar-refractivity contribution is 5.64. The first kappa shape index (κ1) is 19.1. The lowest BCUT2D eigenvalue weighted by Gasteiger charge is -2.13. The van der Waals surface area contributed by atoms with E-state index in [1.165, 1.54) is 0 Å². The number of H-pyrrole nitrogens is 1. The molecule has 0 amide bonds. The van der Waals surface area contributed by atoms with Crippen molar-refractivity contribution in [2.24, 2.45) is 0 Å². The third-order valence-corrected chi connectivity index (χ3v) is 4.32. The molecule has 3 aromatic rings. The van der Waals surface area contributed by atoms with E-state index in [2.05, 4.69) is 34.3 Å². The molecule has 27 heavy (non-hydrogen) atoms. The molecule has 1 heterocycles. The van der Waals surface area contributed by atoms with Gasteiger partial charge < -0.3 is 20.1 Å². The number of hydrogen-bond acceptors (Lipinski definition) is 4. The van der Waals surface area contributed by atoms with Gasteiger partial charge in [-0.15, -0.1) is 0 Å². The van der Waals surface area contributed by atoms with Gasteiger partial charge in [-0.25, -0.2) is 4.98 Å². The van der Waals surface area contributed by atoms with Crippen LogP contribution in [-0.2, 0) is 0 Å². The molecule has 142 valence electrons. The van der Waals surface area contributed by atoms with E-state index >= 15 is 0 Å². The minimum Gasteiger partial charge on any atom is -0.491 e. The van der Waals surface area contributed by atoms with Gasteiger partial charge in [0.05, 0.1) is 11.9 Å². The summed E-state index contributed by atoms with van der Waals surface area (Å²) in [6.45, 7) is 3.90. The molecule has 1 unspecified atom stereocenters. The van der Waals surface area contributed by atoms with Crippen LogP contribution in [0.15, 0.2) is 60.8 Å². The Morgan fingerprint density at radius 3 is 2.59 bits per heavy atom. The SMILES string of the molecule is CCCCNCC(O)COc1ccc(-c2ncc(-c3ccccc3)[nH]2)cc1. The number of unbranched alkanes of at least 4 members (excludes halogenated alkanes) is 1. The van der Waals surface area contributed by atoms with Crippen LogP contribution in [0, 0.1) is 0 Å². The Labute approximate surface area is 160 Å². The summed E-state index contributed by atoms with van der Waals surface area (Å²) in [7, 11) is 0. The second-order valence-corrected chi connectivity index (χ2v) is 6.56. The van der Waals surface area contributed by atoms with E-state index in [1.54, 1.807) is 0 Å². The van der Waals surface area contributed by atoms with Crippen molar-refractivity contribution in [2.45, 2.75) is 25.9 Å². The molecule has 1 atom stereocenters. The quantitative estimate of drug-likeness (QED) is 0.477. The van der Waals surface area contributed by atoms with E-state index < -0.39 is 6.10 Å². The van der Waals surface area contributed by atoms with Crippen LogP contribution in [0.5, 0.6) is 5.75 Å². The molecular weight excluding hydrogens is 338 g/mol. The van der Waals surface area contributed by atoms with Gasteiger partial charge in [0, 0.05) is 12.1 Å². The highest BCUT2D eigenvalue weighted by atomic mass is 16.5. The summed E-state index contributed by atoms with van der Waals surface area (Å²) in [5, 5.41) is 13.2. The van der Waals surface area contributed by atoms with Crippen molar-refractivity contribution in [2.75, 3.05) is 19.7 Å². The lowest BCUT2D eigenvalue weighted by molar-refractivity contribution is 0.106. The number of nitrogens with zero attached hydrogens (tertiary/aromatic N) is 1. The Hall–Kier alpha value is -2.63. The van der Waals surface area contributed by atoms with Crippen molar-refractivity contribution < 1.29 is 9.84 Å². The third kappa shape index (κ3) is 5.67. The molecule has 3 rings (SSSR count). The van der Waals surface area contributed by atoms with Gasteiger partial charge in [-0.2, -0.15) is 0 Å². The maximum atomic E-state index is 9.95. The lowest BCUT2D eigenvalue weighted by atomic mass is 10.2. The minimum absolute atomic E-state index is 0.275. The molecular formula is C22H27N3O2. The van der Waals surface area contributed by atoms with Crippen molar-refractivity contribution in [3.8, 4) is 28.4 Å². The maximum absolute atomic E-state index is 9.95. The van der Waals surface area contributed by atoms with Gasteiger partial charge in [0.15, 0.2) is 0 Å². The first-order valence-corrected chi connectivity index (χ1v) is 9.48. The van der Waals surface area contributed by atoms with E-state index in [-0.39, 0.29) is 6.61 Å². The molecule has 3 N–H and O–H groups in total. The van der Waals surface area contributed by atoms with Gasteiger partial charge in [0.1, 0.15) is 24.3 Å². The first-order valence-electron chi connectivity index (χ1n) is 9.48. The summed E-state index contributed by atoms with van der Waals surface area (Å²) < 4.78 is 5.67. The zero-order valence-corrected chi connectivity index (χ0v) is 15.7. The Morgan fingerprint density at radius 2 is 1.85 bits per heavy atom. The van der Waals surface area contributed by atoms with Gasteiger partial charge in [0.2, 0.25) is 0 Å². The molecule has 0 saturated carbocycles. The monoisotopic (exact) mass is 365 g/mol. The number of rotatable bonds is 10. The molecule has 0 fully saturated rings. The summed E-state index contributed by atoms with van der Waals surface area (Å²) in [6, 6.07) is 17.9. The number of aliphatic hydroxyl groups excluding tert-OH is 1. The molecule has 0 aliphatic rings. The second kappa shape index (κ2) is 9.90. The number of ether oxygens (including phenoxy) is 1. The van der Waals surface area contributed by atoms with Crippen LogP contribution in [0.4, 0.5) is 0 Å². The number of aliphatic hydroxyl groups is 1. The van der Waals surface area contributed by atoms with Crippen molar-refractivity contribution in [3.05, 3.63) is 60.8 Å². The summed E-state index contributed by atoms with van der Waals surface area (Å²) in [4.78, 5) is 7.82. The van der Waals surface area contributed by atoms with Crippen LogP contribution in [-0.4, -0.2) is 40.9 Å². The highest BCUT2D eigenvalue weighted by Crippen LogP contribution is 2.23. The average Bonchev–Trinajstić information content (AvgIpc) is 3.21. The van der Waals surface area contributed by atoms with E-state index in [0.29, 0.717) is 6.54 Å². The van der Waals surface area contributed by atoms with E-state index in [1.807, 2.05) is 48.7 Å². The van der Waals surface area contributed by atoms with Crippen molar-refractivity contribution in [1.82, 2.24) is 15.3 Å². The molecule has 0 aliphatic carbocycles. The highest BCUT2D eigenvalue weighted by Gasteiger charge is 2.07. The Morgan fingerprint density at radius 1 is 1.07 bits per heavy atom. The Bertz CT molecular complexity index is 800. The Balaban J connectivity index is 1.52. The molecule has 5 heteroatoms. The maximum Gasteiger partial charge on any atom is 0.137 e. The van der Waals surface area contributed by atoms with Crippen LogP contribution >= 0.6 is 0 Å². The van der Waals surface area contributed by atoms with Crippen LogP contribution in [0.25, 0.3) is 22.6 Å². The summed E-state index contributed by atoms with van der Waals surface area (Å²) in [6.07, 6.45) is 3.60. The van der Waals surface area contributed by atoms with Crippen molar-refractivity contribution in [1.29, 1.82) is 0 Å². The smallest absolute Gasteiger partial charge is 0.137 e. The fourth-order valence-corrected chi connectivity index (χ4v) is 2.76. The summed E-state index contributed by atoms with van der Waals surface area (Å²) in [5.74, 6) is 1.56. The molecule has 0 radical (unpaired) electrons. The molecule has 5 nitrogen and oxygen atoms in total. The van der Waals surface area contributed by atoms with Gasteiger partial charge in [-0.1, -0.05) is 43.7 Å². The zero-order chi connectivity index (χ0) is 18.9. The standard InChI is InChI=1S/C22H27N3O2/c1-2-3-13-23-14-19(26)16-27-20-11-9-18(10-12-20)22-24-15-21(25-22)17-7-5-4-6-8-17/h4-12,15,19,23,26H,2-3,13-14,16H2,1H3,(H,24,25). The third-order valence-electron chi connectivity index (χ3n) is 4.32. The van der Waals surface area contributed by atoms with Crippen LogP contribution < -0.4 is 10.1 Å². The van der Waals surface area contributed by atoms with E-state index in [4.69, 9.17) is 4.74 Å². The molecule has 1 aromatic heterocycles. The van der Waals surface area contributed by atoms with Crippen molar-refractivity contribution in [3.63, 3.8) is 0 Å². The predicted octanol–water partition coefficient (Wildman–Crippen LogP) is 3.87. The summed E-state index contributed by atoms with van der Waals surface area (Å²) in [5.41, 5.74) is 3.09. The second-order valence-electron chi connectivity index (χ2n) is 6.56. The molecule has 0 aliphatic heterocycles. The Kier molecular flexibility index (Phi) is 7.02.